The second-order valence-corrected chi connectivity index (χ2v) is 3.54. The lowest BCUT2D eigenvalue weighted by molar-refractivity contribution is -0.140. The van der Waals surface area contributed by atoms with Crippen LogP contribution in [0, 0.1) is 0 Å². The summed E-state index contributed by atoms with van der Waals surface area (Å²) >= 11 is 5.79. The number of hydrogen-bond acceptors (Lipinski definition) is 2. The van der Waals surface area contributed by atoms with Crippen LogP contribution in [0.25, 0.3) is 0 Å². The minimum Gasteiger partial charge on any atom is -0.481 e. The number of hydrogen-bond donors (Lipinski definition) is 1. The summed E-state index contributed by atoms with van der Waals surface area (Å²) in [6, 6.07) is 6.84. The van der Waals surface area contributed by atoms with Crippen molar-refractivity contribution < 1.29 is 14.6 Å². The van der Waals surface area contributed by atoms with Gasteiger partial charge in [0.05, 0.1) is 6.61 Å². The number of halogens is 1. The van der Waals surface area contributed by atoms with Crippen LogP contribution in [-0.2, 0) is 9.53 Å². The Hall–Kier alpha value is -1.06. The maximum Gasteiger partial charge on any atom is 0.313 e. The Bertz CT molecular complexity index is 338. The van der Waals surface area contributed by atoms with E-state index in [-0.39, 0.29) is 6.61 Å². The number of rotatable bonds is 5. The summed E-state index contributed by atoms with van der Waals surface area (Å²) in [6.45, 7) is 2.51. The molecule has 0 bridgehead atoms. The van der Waals surface area contributed by atoms with E-state index < -0.39 is 11.9 Å². The third-order valence-electron chi connectivity index (χ3n) is 2.04. The molecule has 3 nitrogen and oxygen atoms in total. The summed E-state index contributed by atoms with van der Waals surface area (Å²) in [6.07, 6.45) is 0. The quantitative estimate of drug-likeness (QED) is 0.843. The lowest BCUT2D eigenvalue weighted by atomic mass is 10.0. The molecule has 0 aliphatic carbocycles. The van der Waals surface area contributed by atoms with E-state index in [0.717, 1.165) is 0 Å². The van der Waals surface area contributed by atoms with Gasteiger partial charge in [-0.15, -0.1) is 0 Å². The first-order valence-electron chi connectivity index (χ1n) is 4.71. The molecule has 0 spiro atoms. The van der Waals surface area contributed by atoms with Gasteiger partial charge < -0.3 is 9.84 Å². The molecule has 0 aromatic heterocycles. The molecule has 1 unspecified atom stereocenters. The Labute approximate surface area is 93.6 Å². The van der Waals surface area contributed by atoms with E-state index >= 15 is 0 Å². The highest BCUT2D eigenvalue weighted by molar-refractivity contribution is 6.30. The van der Waals surface area contributed by atoms with E-state index in [9.17, 15) is 4.79 Å². The Balaban J connectivity index is 2.84. The molecule has 1 N–H and O–H groups in total. The maximum atomic E-state index is 11.0. The van der Waals surface area contributed by atoms with E-state index in [1.807, 2.05) is 6.92 Å². The molecule has 82 valence electrons. The molecule has 0 aliphatic rings. The topological polar surface area (TPSA) is 46.5 Å². The summed E-state index contributed by atoms with van der Waals surface area (Å²) in [7, 11) is 0. The fourth-order valence-electron chi connectivity index (χ4n) is 1.27. The first kappa shape index (κ1) is 12.0. The first-order valence-corrected chi connectivity index (χ1v) is 5.09. The number of carboxylic acid groups (broad SMARTS) is 1. The monoisotopic (exact) mass is 228 g/mol. The van der Waals surface area contributed by atoms with Crippen LogP contribution in [0.2, 0.25) is 5.02 Å². The zero-order valence-corrected chi connectivity index (χ0v) is 9.20. The summed E-state index contributed by atoms with van der Waals surface area (Å²) in [5.74, 6) is -1.55. The SMILES string of the molecule is CCOCC(C(=O)O)c1cccc(Cl)c1. The van der Waals surface area contributed by atoms with Crippen molar-refractivity contribution >= 4 is 17.6 Å². The van der Waals surface area contributed by atoms with Crippen LogP contribution in [-0.4, -0.2) is 24.3 Å². The van der Waals surface area contributed by atoms with Gasteiger partial charge in [-0.3, -0.25) is 4.79 Å². The van der Waals surface area contributed by atoms with E-state index in [1.54, 1.807) is 24.3 Å². The van der Waals surface area contributed by atoms with Crippen molar-refractivity contribution in [1.82, 2.24) is 0 Å². The van der Waals surface area contributed by atoms with Crippen LogP contribution in [0.4, 0.5) is 0 Å². The Morgan fingerprint density at radius 3 is 2.87 bits per heavy atom. The standard InChI is InChI=1S/C11H13ClO3/c1-2-15-7-10(11(13)14)8-4-3-5-9(12)6-8/h3-6,10H,2,7H2,1H3,(H,13,14). The molecular weight excluding hydrogens is 216 g/mol. The van der Waals surface area contributed by atoms with Gasteiger partial charge in [0.1, 0.15) is 5.92 Å². The number of carbonyl (C=O) groups is 1. The summed E-state index contributed by atoms with van der Waals surface area (Å²) in [5, 5.41) is 9.56. The fraction of sp³-hybridized carbons (Fsp3) is 0.364. The predicted octanol–water partition coefficient (Wildman–Crippen LogP) is 2.54. The van der Waals surface area contributed by atoms with Gasteiger partial charge in [-0.05, 0) is 24.6 Å². The van der Waals surface area contributed by atoms with Crippen molar-refractivity contribution in [2.45, 2.75) is 12.8 Å². The van der Waals surface area contributed by atoms with Gasteiger partial charge in [-0.1, -0.05) is 23.7 Å². The lowest BCUT2D eigenvalue weighted by Crippen LogP contribution is -2.17. The van der Waals surface area contributed by atoms with Gasteiger partial charge in [0, 0.05) is 11.6 Å². The molecule has 1 rings (SSSR count). The van der Waals surface area contributed by atoms with Crippen molar-refractivity contribution in [2.24, 2.45) is 0 Å². The molecule has 4 heteroatoms. The van der Waals surface area contributed by atoms with E-state index in [4.69, 9.17) is 21.4 Å². The summed E-state index contributed by atoms with van der Waals surface area (Å²) < 4.78 is 5.13. The normalized spacial score (nSPS) is 12.4. The Morgan fingerprint density at radius 2 is 2.33 bits per heavy atom. The van der Waals surface area contributed by atoms with E-state index in [1.165, 1.54) is 0 Å². The highest BCUT2D eigenvalue weighted by Gasteiger charge is 2.19. The molecule has 15 heavy (non-hydrogen) atoms. The smallest absolute Gasteiger partial charge is 0.313 e. The molecular formula is C11H13ClO3. The fourth-order valence-corrected chi connectivity index (χ4v) is 1.47. The summed E-state index contributed by atoms with van der Waals surface area (Å²) in [4.78, 5) is 11.0. The molecule has 0 aliphatic heterocycles. The van der Waals surface area contributed by atoms with Crippen LogP contribution in [0.5, 0.6) is 0 Å². The molecule has 0 fully saturated rings. The number of carboxylic acids is 1. The predicted molar refractivity (Wildman–Crippen MR) is 58.3 cm³/mol. The second kappa shape index (κ2) is 5.73. The Kier molecular flexibility index (Phi) is 4.59. The van der Waals surface area contributed by atoms with Gasteiger partial charge in [-0.25, -0.2) is 0 Å². The van der Waals surface area contributed by atoms with Crippen LogP contribution >= 0.6 is 11.6 Å². The first-order chi connectivity index (χ1) is 7.15. The Morgan fingerprint density at radius 1 is 1.60 bits per heavy atom. The van der Waals surface area contributed by atoms with Crippen LogP contribution < -0.4 is 0 Å². The average Bonchev–Trinajstić information content (AvgIpc) is 2.18. The molecule has 1 aromatic carbocycles. The molecule has 0 radical (unpaired) electrons. The van der Waals surface area contributed by atoms with Gasteiger partial charge in [0.25, 0.3) is 0 Å². The van der Waals surface area contributed by atoms with Crippen molar-refractivity contribution in [3.05, 3.63) is 34.9 Å². The maximum absolute atomic E-state index is 11.0. The molecule has 0 amide bonds. The van der Waals surface area contributed by atoms with Gasteiger partial charge in [-0.2, -0.15) is 0 Å². The number of ether oxygens (including phenoxy) is 1. The zero-order valence-electron chi connectivity index (χ0n) is 8.44. The van der Waals surface area contributed by atoms with Gasteiger partial charge in [0.2, 0.25) is 0 Å². The van der Waals surface area contributed by atoms with E-state index in [0.29, 0.717) is 17.2 Å². The molecule has 1 aromatic rings. The van der Waals surface area contributed by atoms with Gasteiger partial charge in [0.15, 0.2) is 0 Å². The van der Waals surface area contributed by atoms with Crippen LogP contribution in [0.1, 0.15) is 18.4 Å². The minimum absolute atomic E-state index is 0.173. The molecule has 0 saturated carbocycles. The van der Waals surface area contributed by atoms with Crippen LogP contribution in [0.3, 0.4) is 0 Å². The summed E-state index contributed by atoms with van der Waals surface area (Å²) in [5.41, 5.74) is 0.670. The van der Waals surface area contributed by atoms with Crippen molar-refractivity contribution in [2.75, 3.05) is 13.2 Å². The highest BCUT2D eigenvalue weighted by Crippen LogP contribution is 2.20. The molecule has 1 atom stereocenters. The lowest BCUT2D eigenvalue weighted by Gasteiger charge is -2.12. The van der Waals surface area contributed by atoms with Crippen molar-refractivity contribution in [1.29, 1.82) is 0 Å². The average molecular weight is 229 g/mol. The van der Waals surface area contributed by atoms with E-state index in [2.05, 4.69) is 0 Å². The zero-order chi connectivity index (χ0) is 11.3. The highest BCUT2D eigenvalue weighted by atomic mass is 35.5. The third-order valence-corrected chi connectivity index (χ3v) is 2.27. The second-order valence-electron chi connectivity index (χ2n) is 3.11. The minimum atomic E-state index is -0.897. The third kappa shape index (κ3) is 3.53. The number of benzene rings is 1. The van der Waals surface area contributed by atoms with Crippen molar-refractivity contribution in [3.63, 3.8) is 0 Å². The van der Waals surface area contributed by atoms with Crippen molar-refractivity contribution in [3.8, 4) is 0 Å². The van der Waals surface area contributed by atoms with Gasteiger partial charge >= 0.3 is 5.97 Å². The molecule has 0 saturated heterocycles. The molecule has 0 heterocycles. The largest absolute Gasteiger partial charge is 0.481 e. The van der Waals surface area contributed by atoms with Crippen LogP contribution in [0.15, 0.2) is 24.3 Å². The number of aliphatic carboxylic acids is 1.